The van der Waals surface area contributed by atoms with Crippen molar-refractivity contribution in [3.63, 3.8) is 0 Å². The number of rotatable bonds is 10. The zero-order valence-electron chi connectivity index (χ0n) is 14.2. The van der Waals surface area contributed by atoms with E-state index in [9.17, 15) is 53.0 Å². The van der Waals surface area contributed by atoms with Gasteiger partial charge in [0.15, 0.2) is 0 Å². The van der Waals surface area contributed by atoms with Crippen molar-refractivity contribution < 1.29 is 99.5 Å². The van der Waals surface area contributed by atoms with Crippen molar-refractivity contribution in [3.05, 3.63) is 0 Å². The highest BCUT2D eigenvalue weighted by Crippen LogP contribution is 2.73. The van der Waals surface area contributed by atoms with E-state index in [0.29, 0.717) is 0 Å². The lowest BCUT2D eigenvalue weighted by Crippen LogP contribution is -2.00. The molecule has 0 spiro atoms. The topological polar surface area (TPSA) is 354 Å². The summed E-state index contributed by atoms with van der Waals surface area (Å²) in [5.41, 5.74) is 0. The number of hydrogen-bond donors (Lipinski definition) is 11. The van der Waals surface area contributed by atoms with E-state index in [0.717, 1.165) is 0 Å². The molecule has 0 saturated carbocycles. The van der Waals surface area contributed by atoms with Crippen LogP contribution in [0.1, 0.15) is 0 Å². The van der Waals surface area contributed by atoms with Gasteiger partial charge in [0, 0.05) is 0 Å². The molecule has 0 bridgehead atoms. The van der Waals surface area contributed by atoms with Gasteiger partial charge >= 0.3 is 39.1 Å². The number of phenolic OH excluding ortho intramolecular Hbond substituents is 5. The molecule has 1 rings (SSSR count). The summed E-state index contributed by atoms with van der Waals surface area (Å²) in [7, 11) is -30.8. The monoisotopic (exact) mass is 574 g/mol. The summed E-state index contributed by atoms with van der Waals surface area (Å²) in [6.07, 6.45) is 0. The Morgan fingerprint density at radius 3 is 1.06 bits per heavy atom. The second-order valence-electron chi connectivity index (χ2n) is 4.85. The van der Waals surface area contributed by atoms with Crippen molar-refractivity contribution in [3.8, 4) is 34.5 Å². The van der Waals surface area contributed by atoms with Crippen molar-refractivity contribution in [1.29, 1.82) is 0 Å². The standard InChI is InChI=1S/C6H11O21P5/c7-1-2(8)4(10)6(5(11)3(1)9)23-29(15,16)25-31(19,20)27-32(21,22)26-30(17,18)24-28(12,13)14/h7-11H,(H,15,16)(H,17,18)(H,19,20)(H,21,22)(H2,12,13,14). The van der Waals surface area contributed by atoms with Gasteiger partial charge in [0.2, 0.25) is 34.5 Å². The molecule has 0 aliphatic rings. The van der Waals surface area contributed by atoms with Crippen molar-refractivity contribution in [2.24, 2.45) is 0 Å². The predicted octanol–water partition coefficient (Wildman–Crippen LogP) is 0.154. The molecule has 1 aromatic carbocycles. The fourth-order valence-corrected chi connectivity index (χ4v) is 7.36. The van der Waals surface area contributed by atoms with Crippen LogP contribution < -0.4 is 4.52 Å². The molecule has 186 valence electrons. The van der Waals surface area contributed by atoms with Crippen LogP contribution in [0.2, 0.25) is 0 Å². The van der Waals surface area contributed by atoms with E-state index in [-0.39, 0.29) is 0 Å². The molecule has 0 amide bonds. The van der Waals surface area contributed by atoms with Crippen molar-refractivity contribution in [2.45, 2.75) is 0 Å². The summed E-state index contributed by atoms with van der Waals surface area (Å²) in [4.78, 5) is 53.3. The Morgan fingerprint density at radius 1 is 0.438 bits per heavy atom. The average molecular weight is 574 g/mol. The fourth-order valence-electron chi connectivity index (χ4n) is 1.45. The molecule has 0 aromatic heterocycles. The Hall–Kier alpha value is -1.23. The maximum absolute atomic E-state index is 11.8. The molecule has 11 N–H and O–H groups in total. The van der Waals surface area contributed by atoms with Gasteiger partial charge in [0.25, 0.3) is 0 Å². The summed E-state index contributed by atoms with van der Waals surface area (Å²) in [5, 5.41) is 46.6. The van der Waals surface area contributed by atoms with Crippen LogP contribution in [0.3, 0.4) is 0 Å². The summed E-state index contributed by atoms with van der Waals surface area (Å²) in [6, 6.07) is 0. The third-order valence-corrected chi connectivity index (χ3v) is 9.41. The number of benzene rings is 1. The van der Waals surface area contributed by atoms with E-state index in [1.165, 1.54) is 0 Å². The average Bonchev–Trinajstić information content (AvgIpc) is 2.49. The second-order valence-corrected chi connectivity index (χ2v) is 12.4. The highest BCUT2D eigenvalue weighted by molar-refractivity contribution is 7.71. The number of phosphoric acid groups is 5. The first kappa shape index (κ1) is 28.8. The summed E-state index contributed by atoms with van der Waals surface area (Å²) in [6.45, 7) is 0. The molecule has 32 heavy (non-hydrogen) atoms. The minimum atomic E-state index is -6.37. The Kier molecular flexibility index (Phi) is 8.28. The summed E-state index contributed by atoms with van der Waals surface area (Å²) < 4.78 is 73.5. The van der Waals surface area contributed by atoms with E-state index in [4.69, 9.17) is 24.7 Å². The van der Waals surface area contributed by atoms with Crippen LogP contribution >= 0.6 is 39.1 Å². The van der Waals surface area contributed by atoms with E-state index in [2.05, 4.69) is 21.8 Å². The maximum atomic E-state index is 11.8. The number of phosphoric ester groups is 1. The van der Waals surface area contributed by atoms with Gasteiger partial charge in [-0.15, -0.1) is 0 Å². The Bertz CT molecular complexity index is 1100. The Balaban J connectivity index is 3.10. The summed E-state index contributed by atoms with van der Waals surface area (Å²) >= 11 is 0. The van der Waals surface area contributed by atoms with Gasteiger partial charge in [-0.2, -0.15) is 17.2 Å². The molecular formula is C6H11O21P5. The van der Waals surface area contributed by atoms with Crippen LogP contribution in [0.4, 0.5) is 0 Å². The zero-order valence-corrected chi connectivity index (χ0v) is 18.7. The smallest absolute Gasteiger partial charge is 0.502 e. The molecule has 21 nitrogen and oxygen atoms in total. The van der Waals surface area contributed by atoms with Gasteiger partial charge in [-0.1, -0.05) is 0 Å². The van der Waals surface area contributed by atoms with Crippen molar-refractivity contribution in [1.82, 2.24) is 0 Å². The molecule has 0 fully saturated rings. The SMILES string of the molecule is O=P(O)(O)OP(=O)(O)OP(=O)(O)OP(=O)(O)OP(=O)(O)Oc1c(O)c(O)c(O)c(O)c1O. The molecule has 4 unspecified atom stereocenters. The lowest BCUT2D eigenvalue weighted by Gasteiger charge is -2.20. The molecular weight excluding hydrogens is 563 g/mol. The minimum Gasteiger partial charge on any atom is -0.502 e. The molecule has 0 heterocycles. The fraction of sp³-hybridized carbons (Fsp3) is 0. The van der Waals surface area contributed by atoms with Crippen LogP contribution in [0.5, 0.6) is 34.5 Å². The van der Waals surface area contributed by atoms with Crippen LogP contribution in [0, 0.1) is 0 Å². The molecule has 0 aliphatic heterocycles. The number of hydrogen-bond acceptors (Lipinski definition) is 15. The zero-order chi connectivity index (χ0) is 25.5. The third kappa shape index (κ3) is 8.28. The molecule has 26 heteroatoms. The number of phenols is 5. The van der Waals surface area contributed by atoms with E-state index in [1.807, 2.05) is 0 Å². The largest absolute Gasteiger partial charge is 0.536 e. The first-order chi connectivity index (χ1) is 14.0. The number of aromatic hydroxyl groups is 5. The maximum Gasteiger partial charge on any atom is 0.536 e. The van der Waals surface area contributed by atoms with Gasteiger partial charge in [-0.25, -0.2) is 22.8 Å². The Morgan fingerprint density at radius 2 is 0.719 bits per heavy atom. The van der Waals surface area contributed by atoms with Gasteiger partial charge in [0.05, 0.1) is 0 Å². The summed E-state index contributed by atoms with van der Waals surface area (Å²) in [5.74, 6) is -9.98. The highest BCUT2D eigenvalue weighted by Gasteiger charge is 2.48. The van der Waals surface area contributed by atoms with Crippen molar-refractivity contribution >= 4 is 39.1 Å². The first-order valence-electron chi connectivity index (χ1n) is 6.58. The van der Waals surface area contributed by atoms with Gasteiger partial charge < -0.3 is 54.5 Å². The van der Waals surface area contributed by atoms with Crippen LogP contribution in [0.15, 0.2) is 0 Å². The highest BCUT2D eigenvalue weighted by atomic mass is 31.3. The second kappa shape index (κ2) is 9.19. The van der Waals surface area contributed by atoms with Crippen molar-refractivity contribution in [2.75, 3.05) is 0 Å². The predicted molar refractivity (Wildman–Crippen MR) is 91.1 cm³/mol. The first-order valence-corrected chi connectivity index (χ1v) is 14.1. The van der Waals surface area contributed by atoms with Gasteiger partial charge in [0.1, 0.15) is 0 Å². The van der Waals surface area contributed by atoms with Crippen LogP contribution in [-0.2, 0) is 40.1 Å². The molecule has 0 radical (unpaired) electrons. The minimum absolute atomic E-state index is 1.54. The Labute approximate surface area is 173 Å². The normalized spacial score (nSPS) is 19.8. The van der Waals surface area contributed by atoms with Gasteiger partial charge in [-0.3, -0.25) is 4.89 Å². The molecule has 4 atom stereocenters. The van der Waals surface area contributed by atoms with E-state index < -0.39 is 73.6 Å². The lowest BCUT2D eigenvalue weighted by atomic mass is 10.2. The van der Waals surface area contributed by atoms with Gasteiger partial charge in [-0.05, 0) is 0 Å². The van der Waals surface area contributed by atoms with E-state index in [1.54, 1.807) is 0 Å². The molecule has 0 aliphatic carbocycles. The van der Waals surface area contributed by atoms with E-state index >= 15 is 0 Å². The van der Waals surface area contributed by atoms with Crippen LogP contribution in [-0.4, -0.2) is 54.9 Å². The molecule has 0 saturated heterocycles. The lowest BCUT2D eigenvalue weighted by molar-refractivity contribution is 0.187. The third-order valence-electron chi connectivity index (χ3n) is 2.36. The van der Waals surface area contributed by atoms with Crippen LogP contribution in [0.25, 0.3) is 0 Å². The quantitative estimate of drug-likeness (QED) is 0.101. The molecule has 1 aromatic rings.